The van der Waals surface area contributed by atoms with Crippen LogP contribution in [0.2, 0.25) is 0 Å². The van der Waals surface area contributed by atoms with E-state index in [4.69, 9.17) is 9.47 Å². The van der Waals surface area contributed by atoms with Gasteiger partial charge in [0.15, 0.2) is 5.79 Å². The third-order valence-electron chi connectivity index (χ3n) is 1.68. The van der Waals surface area contributed by atoms with Gasteiger partial charge in [-0.3, -0.25) is 0 Å². The molecule has 0 aromatic rings. The molecule has 1 fully saturated rings. The van der Waals surface area contributed by atoms with Gasteiger partial charge in [-0.15, -0.1) is 0 Å². The van der Waals surface area contributed by atoms with Gasteiger partial charge >= 0.3 is 0 Å². The van der Waals surface area contributed by atoms with Gasteiger partial charge in [0.2, 0.25) is 0 Å². The highest BCUT2D eigenvalue weighted by atomic mass is 16.7. The Morgan fingerprint density at radius 2 is 1.92 bits per heavy atom. The van der Waals surface area contributed by atoms with E-state index in [1.54, 1.807) is 0 Å². The van der Waals surface area contributed by atoms with Gasteiger partial charge in [0.05, 0.1) is 12.7 Å². The normalized spacial score (nSPS) is 26.2. The molecule has 12 heavy (non-hydrogen) atoms. The van der Waals surface area contributed by atoms with Crippen molar-refractivity contribution in [1.29, 1.82) is 0 Å². The fourth-order valence-corrected chi connectivity index (χ4v) is 1.23. The van der Waals surface area contributed by atoms with Crippen molar-refractivity contribution in [2.75, 3.05) is 6.61 Å². The van der Waals surface area contributed by atoms with Crippen LogP contribution in [0.5, 0.6) is 0 Å². The van der Waals surface area contributed by atoms with E-state index in [2.05, 4.69) is 6.92 Å². The number of hydrogen-bond donors (Lipinski definition) is 0. The minimum absolute atomic E-state index is 0.333. The molecular weight excluding hydrogens is 152 g/mol. The van der Waals surface area contributed by atoms with Crippen LogP contribution in [0.4, 0.5) is 0 Å². The number of hydrogen-bond acceptors (Lipinski definition) is 2. The van der Waals surface area contributed by atoms with Gasteiger partial charge < -0.3 is 9.47 Å². The average Bonchev–Trinajstić information content (AvgIpc) is 2.35. The van der Waals surface area contributed by atoms with E-state index in [1.165, 1.54) is 6.42 Å². The Morgan fingerprint density at radius 1 is 1.33 bits per heavy atom. The van der Waals surface area contributed by atoms with E-state index < -0.39 is 0 Å². The summed E-state index contributed by atoms with van der Waals surface area (Å²) < 4.78 is 11.0. The Hall–Kier alpha value is -0.0800. The standard InChI is InChI=1S/C8H16O2.C2H6/c1-4-5-7-6-9-8(2,3)10-7;1-2/h7H,4-6H2,1-3H3;1-2H3/t7-;/m1./s1. The van der Waals surface area contributed by atoms with Crippen LogP contribution in [0.25, 0.3) is 0 Å². The lowest BCUT2D eigenvalue weighted by Gasteiger charge is -2.16. The van der Waals surface area contributed by atoms with Gasteiger partial charge in [0.1, 0.15) is 0 Å². The lowest BCUT2D eigenvalue weighted by Crippen LogP contribution is -2.21. The zero-order valence-electron chi connectivity index (χ0n) is 9.02. The van der Waals surface area contributed by atoms with Crippen LogP contribution in [-0.4, -0.2) is 18.5 Å². The predicted molar refractivity (Wildman–Crippen MR) is 51.2 cm³/mol. The molecule has 1 heterocycles. The van der Waals surface area contributed by atoms with Gasteiger partial charge in [0, 0.05) is 0 Å². The van der Waals surface area contributed by atoms with E-state index in [0.29, 0.717) is 6.10 Å². The highest BCUT2D eigenvalue weighted by Crippen LogP contribution is 2.24. The van der Waals surface area contributed by atoms with Crippen LogP contribution < -0.4 is 0 Å². The summed E-state index contributed by atoms with van der Waals surface area (Å²) in [6, 6.07) is 0. The summed E-state index contributed by atoms with van der Waals surface area (Å²) in [6.45, 7) is 10.8. The van der Waals surface area contributed by atoms with Crippen molar-refractivity contribution in [3.8, 4) is 0 Å². The Labute approximate surface area is 76.3 Å². The summed E-state index contributed by atoms with van der Waals surface area (Å²) >= 11 is 0. The van der Waals surface area contributed by atoms with E-state index in [0.717, 1.165) is 13.0 Å². The molecule has 1 atom stereocenters. The molecule has 0 aliphatic carbocycles. The number of rotatable bonds is 2. The van der Waals surface area contributed by atoms with E-state index >= 15 is 0 Å². The van der Waals surface area contributed by atoms with Crippen molar-refractivity contribution in [2.24, 2.45) is 0 Å². The molecule has 0 aromatic carbocycles. The van der Waals surface area contributed by atoms with Crippen molar-refractivity contribution in [3.05, 3.63) is 0 Å². The van der Waals surface area contributed by atoms with Crippen molar-refractivity contribution in [3.63, 3.8) is 0 Å². The van der Waals surface area contributed by atoms with Crippen molar-refractivity contribution >= 4 is 0 Å². The Balaban J connectivity index is 0.000000561. The molecule has 0 N–H and O–H groups in total. The lowest BCUT2D eigenvalue weighted by molar-refractivity contribution is -0.138. The van der Waals surface area contributed by atoms with Crippen LogP contribution in [0.15, 0.2) is 0 Å². The summed E-state index contributed by atoms with van der Waals surface area (Å²) in [5.41, 5.74) is 0. The maximum absolute atomic E-state index is 5.57. The summed E-state index contributed by atoms with van der Waals surface area (Å²) in [7, 11) is 0. The fourth-order valence-electron chi connectivity index (χ4n) is 1.23. The summed E-state index contributed by atoms with van der Waals surface area (Å²) in [4.78, 5) is 0. The minimum atomic E-state index is -0.333. The minimum Gasteiger partial charge on any atom is -0.348 e. The van der Waals surface area contributed by atoms with E-state index in [-0.39, 0.29) is 5.79 Å². The maximum atomic E-state index is 5.57. The average molecular weight is 174 g/mol. The summed E-state index contributed by atoms with van der Waals surface area (Å²) in [6.07, 6.45) is 2.62. The second-order valence-corrected chi connectivity index (χ2v) is 3.24. The van der Waals surface area contributed by atoms with Crippen molar-refractivity contribution < 1.29 is 9.47 Å². The molecule has 2 heteroatoms. The van der Waals surface area contributed by atoms with Crippen LogP contribution in [0, 0.1) is 0 Å². The van der Waals surface area contributed by atoms with E-state index in [1.807, 2.05) is 27.7 Å². The molecule has 1 aliphatic rings. The third-order valence-corrected chi connectivity index (χ3v) is 1.68. The molecule has 2 nitrogen and oxygen atoms in total. The maximum Gasteiger partial charge on any atom is 0.163 e. The Bertz CT molecular complexity index is 110. The first kappa shape index (κ1) is 11.9. The molecule has 1 rings (SSSR count). The highest BCUT2D eigenvalue weighted by molar-refractivity contribution is 4.69. The second-order valence-electron chi connectivity index (χ2n) is 3.24. The highest BCUT2D eigenvalue weighted by Gasteiger charge is 2.31. The van der Waals surface area contributed by atoms with Gasteiger partial charge in [-0.05, 0) is 20.3 Å². The largest absolute Gasteiger partial charge is 0.348 e. The van der Waals surface area contributed by atoms with Crippen molar-refractivity contribution in [1.82, 2.24) is 0 Å². The molecule has 0 amide bonds. The molecule has 0 bridgehead atoms. The van der Waals surface area contributed by atoms with Gasteiger partial charge in [0.25, 0.3) is 0 Å². The van der Waals surface area contributed by atoms with Crippen LogP contribution >= 0.6 is 0 Å². The second kappa shape index (κ2) is 5.55. The topological polar surface area (TPSA) is 18.5 Å². The first-order valence-corrected chi connectivity index (χ1v) is 4.96. The van der Waals surface area contributed by atoms with E-state index in [9.17, 15) is 0 Å². The first-order valence-electron chi connectivity index (χ1n) is 4.96. The van der Waals surface area contributed by atoms with Gasteiger partial charge in [-0.2, -0.15) is 0 Å². The zero-order valence-corrected chi connectivity index (χ0v) is 9.02. The Kier molecular flexibility index (Phi) is 5.51. The zero-order chi connectivity index (χ0) is 9.61. The quantitative estimate of drug-likeness (QED) is 0.640. The van der Waals surface area contributed by atoms with Gasteiger partial charge in [-0.25, -0.2) is 0 Å². The van der Waals surface area contributed by atoms with Crippen LogP contribution in [0.1, 0.15) is 47.5 Å². The molecule has 74 valence electrons. The molecule has 0 saturated carbocycles. The molecule has 1 aliphatic heterocycles. The first-order chi connectivity index (χ1) is 5.64. The monoisotopic (exact) mass is 174 g/mol. The molecule has 0 radical (unpaired) electrons. The SMILES string of the molecule is CC.CCC[C@@H]1COC(C)(C)O1. The van der Waals surface area contributed by atoms with Crippen LogP contribution in [0.3, 0.4) is 0 Å². The smallest absolute Gasteiger partial charge is 0.163 e. The Morgan fingerprint density at radius 3 is 2.25 bits per heavy atom. The molecular formula is C10H22O2. The number of ether oxygens (including phenoxy) is 2. The predicted octanol–water partition coefficient (Wildman–Crippen LogP) is 2.96. The molecule has 1 saturated heterocycles. The molecule has 0 spiro atoms. The van der Waals surface area contributed by atoms with Crippen molar-refractivity contribution in [2.45, 2.75) is 59.4 Å². The summed E-state index contributed by atoms with van der Waals surface area (Å²) in [5, 5.41) is 0. The fraction of sp³-hybridized carbons (Fsp3) is 1.00. The molecule has 0 aromatic heterocycles. The third kappa shape index (κ3) is 4.07. The van der Waals surface area contributed by atoms with Crippen LogP contribution in [-0.2, 0) is 9.47 Å². The summed E-state index contributed by atoms with van der Waals surface area (Å²) in [5.74, 6) is -0.333. The lowest BCUT2D eigenvalue weighted by atomic mass is 10.2. The molecule has 0 unspecified atom stereocenters. The van der Waals surface area contributed by atoms with Gasteiger partial charge in [-0.1, -0.05) is 27.2 Å².